The van der Waals surface area contributed by atoms with Crippen molar-refractivity contribution in [2.75, 3.05) is 7.11 Å². The Balaban J connectivity index is 2.26. The number of carbonyl (C=O) groups is 3. The number of ether oxygens (including phenoxy) is 1. The molecule has 0 bridgehead atoms. The van der Waals surface area contributed by atoms with Crippen molar-refractivity contribution in [3.63, 3.8) is 0 Å². The number of hydrogen-bond donors (Lipinski definition) is 2. The van der Waals surface area contributed by atoms with Gasteiger partial charge in [-0.25, -0.2) is 9.97 Å². The summed E-state index contributed by atoms with van der Waals surface area (Å²) in [5, 5.41) is 4.32. The van der Waals surface area contributed by atoms with Crippen molar-refractivity contribution in [2.24, 2.45) is 5.73 Å². The van der Waals surface area contributed by atoms with Crippen LogP contribution in [-0.4, -0.2) is 49.3 Å². The number of carbonyl (C=O) groups excluding carboxylic acids is 3. The summed E-state index contributed by atoms with van der Waals surface area (Å²) in [5.74, 6) is -1.63. The molecule has 0 saturated carbocycles. The van der Waals surface area contributed by atoms with Gasteiger partial charge in [0.2, 0.25) is 11.6 Å². The van der Waals surface area contributed by atoms with Gasteiger partial charge in [-0.2, -0.15) is 4.68 Å². The summed E-state index contributed by atoms with van der Waals surface area (Å²) in [5.41, 5.74) is 5.70. The highest BCUT2D eigenvalue weighted by Crippen LogP contribution is 2.31. The molecule has 1 amide bonds. The van der Waals surface area contributed by atoms with Crippen LogP contribution in [0.4, 0.5) is 0 Å². The average molecular weight is 328 g/mol. The van der Waals surface area contributed by atoms with Crippen molar-refractivity contribution >= 4 is 28.4 Å². The minimum Gasteiger partial charge on any atom is -0.494 e. The average Bonchev–Trinajstić information content (AvgIpc) is 3.20. The first kappa shape index (κ1) is 15.3. The molecule has 0 saturated heterocycles. The van der Waals surface area contributed by atoms with E-state index in [2.05, 4.69) is 20.1 Å². The van der Waals surface area contributed by atoms with Crippen LogP contribution >= 0.6 is 0 Å². The van der Waals surface area contributed by atoms with Gasteiger partial charge in [-0.3, -0.25) is 14.4 Å². The second kappa shape index (κ2) is 5.57. The third kappa shape index (κ3) is 2.29. The van der Waals surface area contributed by atoms with Crippen molar-refractivity contribution in [1.82, 2.24) is 24.7 Å². The molecular weight excluding hydrogens is 316 g/mol. The molecule has 0 unspecified atom stereocenters. The van der Waals surface area contributed by atoms with Crippen LogP contribution in [0.2, 0.25) is 0 Å². The number of amides is 1. The number of pyridine rings is 1. The van der Waals surface area contributed by atoms with E-state index in [0.717, 1.165) is 0 Å². The molecule has 3 aromatic rings. The number of rotatable bonds is 5. The van der Waals surface area contributed by atoms with E-state index in [4.69, 9.17) is 10.5 Å². The van der Waals surface area contributed by atoms with Crippen LogP contribution in [0.25, 0.3) is 16.7 Å². The summed E-state index contributed by atoms with van der Waals surface area (Å²) in [6.45, 7) is 1.19. The first-order valence-corrected chi connectivity index (χ1v) is 6.75. The summed E-state index contributed by atoms with van der Waals surface area (Å²) in [7, 11) is 1.42. The van der Waals surface area contributed by atoms with E-state index < -0.39 is 17.5 Å². The van der Waals surface area contributed by atoms with Crippen molar-refractivity contribution in [1.29, 1.82) is 0 Å². The monoisotopic (exact) mass is 328 g/mol. The van der Waals surface area contributed by atoms with Crippen LogP contribution in [0.5, 0.6) is 5.75 Å². The normalized spacial score (nSPS) is 10.8. The number of ketones is 2. The van der Waals surface area contributed by atoms with Crippen molar-refractivity contribution in [3.05, 3.63) is 30.1 Å². The Morgan fingerprint density at radius 3 is 2.62 bits per heavy atom. The molecule has 122 valence electrons. The van der Waals surface area contributed by atoms with Gasteiger partial charge in [0.05, 0.1) is 29.8 Å². The van der Waals surface area contributed by atoms with Crippen LogP contribution in [0, 0.1) is 0 Å². The molecule has 0 radical (unpaired) electrons. The number of methoxy groups -OCH3 is 1. The van der Waals surface area contributed by atoms with Gasteiger partial charge in [0, 0.05) is 13.1 Å². The van der Waals surface area contributed by atoms with Gasteiger partial charge in [-0.15, -0.1) is 5.10 Å². The number of primary amides is 1. The van der Waals surface area contributed by atoms with Gasteiger partial charge in [0.25, 0.3) is 5.91 Å². The number of Topliss-reactive ketones (excluding diaryl/α,β-unsaturated/α-hetero) is 2. The summed E-state index contributed by atoms with van der Waals surface area (Å²) < 4.78 is 6.46. The lowest BCUT2D eigenvalue weighted by atomic mass is 10.1. The summed E-state index contributed by atoms with van der Waals surface area (Å²) in [6.07, 6.45) is 4.05. The molecule has 0 aliphatic rings. The van der Waals surface area contributed by atoms with Gasteiger partial charge < -0.3 is 15.5 Å². The van der Waals surface area contributed by atoms with Crippen molar-refractivity contribution in [2.45, 2.75) is 6.92 Å². The molecule has 3 aromatic heterocycles. The molecule has 10 heteroatoms. The van der Waals surface area contributed by atoms with E-state index in [1.165, 1.54) is 37.4 Å². The van der Waals surface area contributed by atoms with Gasteiger partial charge in [0.15, 0.2) is 11.6 Å². The number of nitrogens with zero attached hydrogens (tertiary/aromatic N) is 4. The standard InChI is InChI=1S/C14H12N6O4/c1-6(21)11(22)7-3-16-10-9(7)8(24-2)4-17-14(10)20-5-18-13(19-20)12(15)23/h3-5,16H,1-2H3,(H2,15,23). The highest BCUT2D eigenvalue weighted by Gasteiger charge is 2.22. The molecule has 0 aliphatic carbocycles. The number of nitrogens with two attached hydrogens (primary N) is 1. The Hall–Kier alpha value is -3.56. The van der Waals surface area contributed by atoms with Crippen LogP contribution in [0.3, 0.4) is 0 Å². The molecule has 3 heterocycles. The Bertz CT molecular complexity index is 986. The van der Waals surface area contributed by atoms with E-state index in [0.29, 0.717) is 16.7 Å². The van der Waals surface area contributed by atoms with E-state index in [-0.39, 0.29) is 17.2 Å². The lowest BCUT2D eigenvalue weighted by Crippen LogP contribution is -2.13. The maximum absolute atomic E-state index is 12.1. The topological polar surface area (TPSA) is 146 Å². The Labute approximate surface area is 134 Å². The molecule has 0 aliphatic heterocycles. The van der Waals surface area contributed by atoms with Gasteiger partial charge in [0.1, 0.15) is 12.1 Å². The minimum absolute atomic E-state index is 0.160. The summed E-state index contributed by atoms with van der Waals surface area (Å²) in [4.78, 5) is 45.5. The largest absolute Gasteiger partial charge is 0.494 e. The van der Waals surface area contributed by atoms with Crippen molar-refractivity contribution in [3.8, 4) is 11.6 Å². The SMILES string of the molecule is COc1cnc(-n2cnc(C(N)=O)n2)c2[nH]cc(C(=O)C(C)=O)c12. The number of H-pyrrole nitrogens is 1. The highest BCUT2D eigenvalue weighted by atomic mass is 16.5. The number of fused-ring (bicyclic) bond motifs is 1. The predicted molar refractivity (Wildman–Crippen MR) is 81.1 cm³/mol. The fourth-order valence-electron chi connectivity index (χ4n) is 2.28. The Morgan fingerprint density at radius 2 is 2.04 bits per heavy atom. The summed E-state index contributed by atoms with van der Waals surface area (Å²) in [6, 6.07) is 0. The predicted octanol–water partition coefficient (Wildman–Crippen LogP) is 0.0228. The second-order valence-electron chi connectivity index (χ2n) is 4.86. The van der Waals surface area contributed by atoms with Crippen LogP contribution < -0.4 is 10.5 Å². The zero-order valence-corrected chi connectivity index (χ0v) is 12.7. The zero-order valence-electron chi connectivity index (χ0n) is 12.7. The molecule has 0 aromatic carbocycles. The third-order valence-corrected chi connectivity index (χ3v) is 3.37. The fraction of sp³-hybridized carbons (Fsp3) is 0.143. The van der Waals surface area contributed by atoms with Crippen LogP contribution in [0.15, 0.2) is 18.7 Å². The molecule has 0 atom stereocenters. The number of nitrogens with one attached hydrogen (secondary N) is 1. The lowest BCUT2D eigenvalue weighted by Gasteiger charge is -2.07. The lowest BCUT2D eigenvalue weighted by molar-refractivity contribution is -0.113. The number of hydrogen-bond acceptors (Lipinski definition) is 7. The zero-order chi connectivity index (χ0) is 17.4. The van der Waals surface area contributed by atoms with Gasteiger partial charge >= 0.3 is 0 Å². The number of aromatic amines is 1. The second-order valence-corrected chi connectivity index (χ2v) is 4.86. The fourth-order valence-corrected chi connectivity index (χ4v) is 2.28. The number of aromatic nitrogens is 5. The summed E-state index contributed by atoms with van der Waals surface area (Å²) >= 11 is 0. The Kier molecular flexibility index (Phi) is 3.56. The van der Waals surface area contributed by atoms with E-state index in [1.807, 2.05) is 0 Å². The van der Waals surface area contributed by atoms with Crippen molar-refractivity contribution < 1.29 is 19.1 Å². The third-order valence-electron chi connectivity index (χ3n) is 3.37. The van der Waals surface area contributed by atoms with Gasteiger partial charge in [-0.1, -0.05) is 0 Å². The van der Waals surface area contributed by atoms with E-state index >= 15 is 0 Å². The minimum atomic E-state index is -0.780. The maximum Gasteiger partial charge on any atom is 0.288 e. The molecule has 10 nitrogen and oxygen atoms in total. The molecule has 0 spiro atoms. The molecule has 3 rings (SSSR count). The van der Waals surface area contributed by atoms with Crippen LogP contribution in [-0.2, 0) is 4.79 Å². The highest BCUT2D eigenvalue weighted by molar-refractivity contribution is 6.45. The molecular formula is C14H12N6O4. The molecule has 3 N–H and O–H groups in total. The molecule has 0 fully saturated rings. The maximum atomic E-state index is 12.1. The quantitative estimate of drug-likeness (QED) is 0.496. The smallest absolute Gasteiger partial charge is 0.288 e. The first-order valence-electron chi connectivity index (χ1n) is 6.75. The van der Waals surface area contributed by atoms with Gasteiger partial charge in [-0.05, 0) is 0 Å². The van der Waals surface area contributed by atoms with E-state index in [1.54, 1.807) is 0 Å². The van der Waals surface area contributed by atoms with E-state index in [9.17, 15) is 14.4 Å². The van der Waals surface area contributed by atoms with Crippen LogP contribution in [0.1, 0.15) is 27.9 Å². The molecule has 24 heavy (non-hydrogen) atoms. The Morgan fingerprint density at radius 1 is 1.29 bits per heavy atom. The first-order chi connectivity index (χ1) is 11.4.